The van der Waals surface area contributed by atoms with E-state index in [0.29, 0.717) is 29.6 Å². The number of nitrogens with one attached hydrogen (secondary N) is 4. The van der Waals surface area contributed by atoms with Crippen molar-refractivity contribution in [3.8, 4) is 21.6 Å². The van der Waals surface area contributed by atoms with Crippen LogP contribution in [0.3, 0.4) is 0 Å². The van der Waals surface area contributed by atoms with E-state index in [0.717, 1.165) is 124 Å². The Balaban J connectivity index is 0.637. The highest BCUT2D eigenvalue weighted by atomic mass is 32.1. The average Bonchev–Trinajstić information content (AvgIpc) is 0.819. The average molecular weight is 1370 g/mol. The molecule has 2 aromatic carbocycles. The highest BCUT2D eigenvalue weighted by Gasteiger charge is 2.66. The van der Waals surface area contributed by atoms with E-state index < -0.39 is 35.4 Å². The number of rotatable bonds is 26. The van der Waals surface area contributed by atoms with Gasteiger partial charge < -0.3 is 55.3 Å². The number of hydrogen-bond donors (Lipinski definition) is 5. The number of aliphatic hydroxyl groups excluding tert-OH is 1. The van der Waals surface area contributed by atoms with Crippen molar-refractivity contribution in [2.24, 2.45) is 21.7 Å². The van der Waals surface area contributed by atoms with Crippen LogP contribution in [0.4, 0.5) is 22.6 Å². The summed E-state index contributed by atoms with van der Waals surface area (Å²) in [7, 11) is 0. The van der Waals surface area contributed by atoms with Gasteiger partial charge in [-0.25, -0.2) is 15.0 Å². The van der Waals surface area contributed by atoms with Gasteiger partial charge in [0.25, 0.3) is 5.91 Å². The molecule has 7 aromatic rings. The number of β-amino-alcohol motifs (C(OH)–C–C–N with tert-alkyl or cyclic N) is 1. The summed E-state index contributed by atoms with van der Waals surface area (Å²) in [5.74, 6) is 0.382. The first-order valence-electron chi connectivity index (χ1n) is 35.1. The fourth-order valence-electron chi connectivity index (χ4n) is 17.7. The van der Waals surface area contributed by atoms with Crippen LogP contribution >= 0.6 is 22.7 Å². The number of aliphatic hydroxyl groups is 1. The Morgan fingerprint density at radius 1 is 0.816 bits per heavy atom. The standard InChI is InChI=1S/C74H96N14O8S2/c1-46-53-15-14-28-86(65(53)84-83-64(46)82-69-79-56-16-10-11-17-58(56)98-69)59-23-22-54(55-36-77-88(49(55)4)44-73-39-71(8)38-72(9,40-73)42-74(41-71,43-73)96-32-29-85-26-12-13-27-85)61(80-59)67(92)75-25-31-95-34-33-94-30-24-60(90)81-63(70(5,6)7)68(93)87-37-52(89)35-57(87)66(91)78-47(2)50-18-20-51(21-19-50)62-48(3)76-45-97-62/h10-11,16-23,36,45,47,52,57,63,89H,12-15,24-35,37-44H2,1-9H3,(H,75,92)(H,78,91)(H,81,90)(H,79,82,83)/t47-,52+,57-,63+,71-,72+,73?,74?/m0/s1. The molecule has 2 unspecified atom stereocenters. The molecule has 24 heteroatoms. The van der Waals surface area contributed by atoms with E-state index in [4.69, 9.17) is 39.5 Å². The number of ether oxygens (including phenoxy) is 3. The first-order valence-corrected chi connectivity index (χ1v) is 36.8. The number of aromatic nitrogens is 7. The summed E-state index contributed by atoms with van der Waals surface area (Å²) >= 11 is 3.15. The number of amides is 4. The molecule has 3 aliphatic heterocycles. The molecule has 0 spiro atoms. The number of benzene rings is 2. The zero-order valence-electron chi connectivity index (χ0n) is 58.3. The van der Waals surface area contributed by atoms with Gasteiger partial charge in [0.2, 0.25) is 17.7 Å². The predicted octanol–water partition coefficient (Wildman–Crippen LogP) is 11.0. The molecule has 7 aliphatic rings. The lowest BCUT2D eigenvalue weighted by atomic mass is 9.39. The van der Waals surface area contributed by atoms with Gasteiger partial charge in [0.05, 0.1) is 83.3 Å². The topological polar surface area (TPSA) is 256 Å². The number of nitrogens with zero attached hydrogens (tertiary/aromatic N) is 10. The highest BCUT2D eigenvalue weighted by molar-refractivity contribution is 7.22. The van der Waals surface area contributed by atoms with Gasteiger partial charge >= 0.3 is 0 Å². The molecule has 14 rings (SSSR count). The second-order valence-electron chi connectivity index (χ2n) is 30.6. The minimum Gasteiger partial charge on any atom is -0.391 e. The number of aryl methyl sites for hydroxylation is 1. The van der Waals surface area contributed by atoms with Crippen LogP contribution in [0.15, 0.2) is 72.4 Å². The van der Waals surface area contributed by atoms with E-state index in [9.17, 15) is 24.3 Å². The Morgan fingerprint density at radius 2 is 1.57 bits per heavy atom. The zero-order chi connectivity index (χ0) is 68.7. The first kappa shape index (κ1) is 69.2. The van der Waals surface area contributed by atoms with Crippen LogP contribution in [0.25, 0.3) is 31.8 Å². The van der Waals surface area contributed by atoms with Crippen LogP contribution in [0.1, 0.15) is 157 Å². The van der Waals surface area contributed by atoms with Crippen molar-refractivity contribution in [2.75, 3.05) is 82.5 Å². The van der Waals surface area contributed by atoms with E-state index in [-0.39, 0.29) is 97.8 Å². The van der Waals surface area contributed by atoms with Gasteiger partial charge in [-0.05, 0) is 162 Å². The monoisotopic (exact) mass is 1370 g/mol. The number of hydrogen-bond acceptors (Lipinski definition) is 19. The lowest BCUT2D eigenvalue weighted by molar-refractivity contribution is -0.248. The molecule has 8 atom stereocenters. The summed E-state index contributed by atoms with van der Waals surface area (Å²) in [5, 5.41) is 38.7. The van der Waals surface area contributed by atoms with Crippen LogP contribution in [0, 0.1) is 42.4 Å². The van der Waals surface area contributed by atoms with Gasteiger partial charge in [0.15, 0.2) is 16.8 Å². The third-order valence-electron chi connectivity index (χ3n) is 21.3. The van der Waals surface area contributed by atoms with Crippen molar-refractivity contribution in [3.05, 3.63) is 106 Å². The molecule has 2 saturated heterocycles. The summed E-state index contributed by atoms with van der Waals surface area (Å²) in [5.41, 5.74) is 10.0. The summed E-state index contributed by atoms with van der Waals surface area (Å²) in [4.78, 5) is 78.0. The maximum atomic E-state index is 14.8. The lowest BCUT2D eigenvalue weighted by Gasteiger charge is -2.69. The van der Waals surface area contributed by atoms with E-state index in [1.807, 2.05) is 101 Å². The van der Waals surface area contributed by atoms with Crippen molar-refractivity contribution >= 4 is 79.1 Å². The van der Waals surface area contributed by atoms with Crippen LogP contribution in [-0.2, 0) is 41.6 Å². The quantitative estimate of drug-likeness (QED) is 0.0316. The Morgan fingerprint density at radius 3 is 2.31 bits per heavy atom. The normalized spacial score (nSPS) is 24.3. The highest BCUT2D eigenvalue weighted by Crippen LogP contribution is 2.72. The number of anilines is 4. The summed E-state index contributed by atoms with van der Waals surface area (Å²) in [6, 6.07) is 17.7. The number of likely N-dealkylation sites (tertiary alicyclic amines) is 2. The van der Waals surface area contributed by atoms with Crippen LogP contribution in [0.5, 0.6) is 0 Å². The third-order valence-corrected chi connectivity index (χ3v) is 23.2. The van der Waals surface area contributed by atoms with Gasteiger partial charge in [-0.3, -0.25) is 23.9 Å². The van der Waals surface area contributed by atoms with Crippen molar-refractivity contribution in [1.29, 1.82) is 0 Å². The minimum atomic E-state index is -0.981. The van der Waals surface area contributed by atoms with Gasteiger partial charge in [0.1, 0.15) is 23.6 Å². The minimum absolute atomic E-state index is 0.0231. The van der Waals surface area contributed by atoms with Gasteiger partial charge in [0, 0.05) is 73.5 Å². The summed E-state index contributed by atoms with van der Waals surface area (Å²) in [6.07, 6.45) is 12.0. The van der Waals surface area contributed by atoms with E-state index >= 15 is 0 Å². The molecule has 4 aliphatic carbocycles. The molecule has 8 heterocycles. The molecule has 6 fully saturated rings. The summed E-state index contributed by atoms with van der Waals surface area (Å²) < 4.78 is 22.2. The number of pyridine rings is 1. The van der Waals surface area contributed by atoms with E-state index in [1.165, 1.54) is 37.3 Å². The molecule has 5 aromatic heterocycles. The largest absolute Gasteiger partial charge is 0.391 e. The van der Waals surface area contributed by atoms with Gasteiger partial charge in [-0.1, -0.05) is 82.4 Å². The first-order chi connectivity index (χ1) is 46.9. The molecule has 98 heavy (non-hydrogen) atoms. The number of fused-ring (bicyclic) bond motifs is 2. The second-order valence-corrected chi connectivity index (χ2v) is 32.5. The second kappa shape index (κ2) is 28.4. The molecule has 522 valence electrons. The Labute approximate surface area is 582 Å². The lowest BCUT2D eigenvalue weighted by Crippen LogP contribution is -2.64. The van der Waals surface area contributed by atoms with Crippen molar-refractivity contribution < 1.29 is 38.5 Å². The predicted molar refractivity (Wildman–Crippen MR) is 381 cm³/mol. The molecular formula is C74H96N14O8S2. The fourth-order valence-corrected chi connectivity index (χ4v) is 19.4. The molecule has 4 amide bonds. The Bertz CT molecular complexity index is 4010. The van der Waals surface area contributed by atoms with Crippen molar-refractivity contribution in [2.45, 2.75) is 176 Å². The third kappa shape index (κ3) is 14.9. The van der Waals surface area contributed by atoms with E-state index in [2.05, 4.69) is 74.5 Å². The molecule has 0 radical (unpaired) electrons. The van der Waals surface area contributed by atoms with Crippen molar-refractivity contribution in [1.82, 2.24) is 60.7 Å². The number of thiazole rings is 2. The SMILES string of the molecule is Cc1ncsc1-c1ccc([C@H](C)NC(=O)[C@@H]2C[C@@H](O)CN2C(=O)[C@@H](NC(=O)CCOCCOCCNC(=O)c2nc(N3CCCc4c3nnc(Nc3nc5ccccc5s3)c4C)ccc2-c2cnn(CC34CC5(OCCN6CCCC6)C[C@](C)(C3)C[C@](C)(C4)C5)c2C)C(C)(C)C)cc1. The maximum absolute atomic E-state index is 14.8. The smallest absolute Gasteiger partial charge is 0.270 e. The Kier molecular flexibility index (Phi) is 20.0. The van der Waals surface area contributed by atoms with E-state index in [1.54, 1.807) is 22.7 Å². The maximum Gasteiger partial charge on any atom is 0.270 e. The fraction of sp³-hybridized carbons (Fsp3) is 0.568. The molecule has 5 N–H and O–H groups in total. The molecule has 4 saturated carbocycles. The van der Waals surface area contributed by atoms with Crippen molar-refractivity contribution in [3.63, 3.8) is 0 Å². The number of carbonyl (C=O) groups is 4. The van der Waals surface area contributed by atoms with Crippen LogP contribution in [0.2, 0.25) is 0 Å². The molecule has 22 nitrogen and oxygen atoms in total. The number of para-hydroxylation sites is 1. The van der Waals surface area contributed by atoms with Gasteiger partial charge in [-0.2, -0.15) is 5.10 Å². The molecular weight excluding hydrogens is 1280 g/mol. The van der Waals surface area contributed by atoms with Crippen LogP contribution < -0.4 is 26.2 Å². The van der Waals surface area contributed by atoms with Gasteiger partial charge in [-0.15, -0.1) is 21.5 Å². The molecule has 4 bridgehead atoms. The van der Waals surface area contributed by atoms with Crippen LogP contribution in [-0.4, -0.2) is 170 Å². The number of carbonyl (C=O) groups excluding carboxylic acids is 4. The Hall–Kier alpha value is -7.32. The summed E-state index contributed by atoms with van der Waals surface area (Å²) in [6.45, 7) is 24.9. The zero-order valence-corrected chi connectivity index (χ0v) is 59.9.